The van der Waals surface area contributed by atoms with Crippen LogP contribution in [0.15, 0.2) is 16.5 Å². The van der Waals surface area contributed by atoms with Gasteiger partial charge in [0, 0.05) is 26.7 Å². The van der Waals surface area contributed by atoms with Crippen LogP contribution in [0.25, 0.3) is 0 Å². The third kappa shape index (κ3) is 8.62. The molecule has 0 spiro atoms. The second-order valence-electron chi connectivity index (χ2n) is 8.04. The van der Waals surface area contributed by atoms with E-state index in [0.29, 0.717) is 44.2 Å². The number of amides is 1. The molecule has 1 aliphatic rings. The van der Waals surface area contributed by atoms with E-state index >= 15 is 0 Å². The number of rotatable bonds is 10. The standard InChI is InChI=1S/C24H35NO5/c1-4-24(25-19(2)26,18-29-20(3)27)16-15-23-14-13-22(30-23)12-8-9-17-28-21-10-6-5-7-11-21/h13-14,21H,4-7,9-11,15-18H2,1-3H3,(H,25,26)/t24-/m1/s1. The number of furan rings is 1. The van der Waals surface area contributed by atoms with Crippen molar-refractivity contribution in [3.8, 4) is 11.8 Å². The van der Waals surface area contributed by atoms with Crippen LogP contribution in [0.3, 0.4) is 0 Å². The second-order valence-corrected chi connectivity index (χ2v) is 8.04. The van der Waals surface area contributed by atoms with Crippen LogP contribution in [0, 0.1) is 11.8 Å². The summed E-state index contributed by atoms with van der Waals surface area (Å²) in [5.74, 6) is 7.08. The SMILES string of the molecule is CC[C@@](CCc1ccc(C#CCCOC2CCCCC2)o1)(COC(C)=O)NC(C)=O. The van der Waals surface area contributed by atoms with Gasteiger partial charge in [0.1, 0.15) is 12.4 Å². The molecule has 2 rings (SSSR count). The zero-order valence-corrected chi connectivity index (χ0v) is 18.6. The predicted molar refractivity (Wildman–Crippen MR) is 115 cm³/mol. The van der Waals surface area contributed by atoms with E-state index in [0.717, 1.165) is 5.76 Å². The molecule has 0 unspecified atom stereocenters. The fourth-order valence-electron chi connectivity index (χ4n) is 3.75. The molecule has 30 heavy (non-hydrogen) atoms. The Bertz CT molecular complexity index is 738. The lowest BCUT2D eigenvalue weighted by molar-refractivity contribution is -0.144. The van der Waals surface area contributed by atoms with Gasteiger partial charge in [0.05, 0.1) is 18.2 Å². The lowest BCUT2D eigenvalue weighted by Crippen LogP contribution is -2.51. The first-order valence-corrected chi connectivity index (χ1v) is 11.0. The van der Waals surface area contributed by atoms with Crippen LogP contribution >= 0.6 is 0 Å². The topological polar surface area (TPSA) is 77.8 Å². The zero-order valence-electron chi connectivity index (χ0n) is 18.6. The van der Waals surface area contributed by atoms with Gasteiger partial charge in [-0.2, -0.15) is 0 Å². The van der Waals surface area contributed by atoms with Gasteiger partial charge < -0.3 is 19.2 Å². The van der Waals surface area contributed by atoms with Gasteiger partial charge in [-0.25, -0.2) is 0 Å². The minimum Gasteiger partial charge on any atom is -0.463 e. The third-order valence-electron chi connectivity index (χ3n) is 5.53. The highest BCUT2D eigenvalue weighted by Crippen LogP contribution is 2.21. The van der Waals surface area contributed by atoms with E-state index in [1.807, 2.05) is 19.1 Å². The average molecular weight is 418 g/mol. The lowest BCUT2D eigenvalue weighted by atomic mass is 9.90. The van der Waals surface area contributed by atoms with E-state index in [1.54, 1.807) is 0 Å². The fourth-order valence-corrected chi connectivity index (χ4v) is 3.75. The molecule has 1 heterocycles. The Morgan fingerprint density at radius 2 is 2.00 bits per heavy atom. The van der Waals surface area contributed by atoms with E-state index < -0.39 is 5.54 Å². The molecule has 0 bridgehead atoms. The summed E-state index contributed by atoms with van der Waals surface area (Å²) in [6, 6.07) is 3.77. The molecule has 0 saturated heterocycles. The number of carbonyl (C=O) groups excluding carboxylic acids is 2. The molecule has 1 fully saturated rings. The molecule has 0 radical (unpaired) electrons. The summed E-state index contributed by atoms with van der Waals surface area (Å²) in [6.07, 6.45) is 9.17. The molecule has 1 aliphatic carbocycles. The molecule has 6 heteroatoms. The van der Waals surface area contributed by atoms with E-state index in [9.17, 15) is 9.59 Å². The first-order valence-electron chi connectivity index (χ1n) is 11.0. The Labute approximate surface area is 180 Å². The lowest BCUT2D eigenvalue weighted by Gasteiger charge is -2.32. The van der Waals surface area contributed by atoms with Crippen LogP contribution in [0.5, 0.6) is 0 Å². The molecule has 1 atom stereocenters. The van der Waals surface area contributed by atoms with Gasteiger partial charge in [0.15, 0.2) is 5.76 Å². The smallest absolute Gasteiger partial charge is 0.302 e. The molecule has 166 valence electrons. The Balaban J connectivity index is 1.82. The fraction of sp³-hybridized carbons (Fsp3) is 0.667. The van der Waals surface area contributed by atoms with Gasteiger partial charge in [0.25, 0.3) is 0 Å². The summed E-state index contributed by atoms with van der Waals surface area (Å²) >= 11 is 0. The highest BCUT2D eigenvalue weighted by Gasteiger charge is 2.30. The number of carbonyl (C=O) groups is 2. The van der Waals surface area contributed by atoms with Gasteiger partial charge in [-0.15, -0.1) is 0 Å². The summed E-state index contributed by atoms with van der Waals surface area (Å²) in [5.41, 5.74) is -0.605. The monoisotopic (exact) mass is 417 g/mol. The van der Waals surface area contributed by atoms with Crippen molar-refractivity contribution in [3.05, 3.63) is 23.7 Å². The van der Waals surface area contributed by atoms with E-state index in [1.165, 1.54) is 46.0 Å². The molecule has 1 amide bonds. The van der Waals surface area contributed by atoms with Crippen LogP contribution in [-0.2, 0) is 25.5 Å². The molecular weight excluding hydrogens is 382 g/mol. The van der Waals surface area contributed by atoms with Crippen molar-refractivity contribution in [2.75, 3.05) is 13.2 Å². The number of hydrogen-bond donors (Lipinski definition) is 1. The summed E-state index contributed by atoms with van der Waals surface area (Å²) in [4.78, 5) is 22.9. The Morgan fingerprint density at radius 3 is 2.67 bits per heavy atom. The first-order chi connectivity index (χ1) is 14.4. The van der Waals surface area contributed by atoms with Crippen molar-refractivity contribution in [1.82, 2.24) is 5.32 Å². The van der Waals surface area contributed by atoms with Crippen LogP contribution in [0.4, 0.5) is 0 Å². The third-order valence-corrected chi connectivity index (χ3v) is 5.53. The summed E-state index contributed by atoms with van der Waals surface area (Å²) in [7, 11) is 0. The van der Waals surface area contributed by atoms with Crippen LogP contribution in [0.1, 0.15) is 83.7 Å². The number of esters is 1. The first kappa shape index (κ1) is 24.0. The van der Waals surface area contributed by atoms with E-state index in [4.69, 9.17) is 13.9 Å². The molecule has 0 aliphatic heterocycles. The number of hydrogen-bond acceptors (Lipinski definition) is 5. The van der Waals surface area contributed by atoms with Crippen LogP contribution in [0.2, 0.25) is 0 Å². The summed E-state index contributed by atoms with van der Waals surface area (Å²) in [5, 5.41) is 2.95. The minimum atomic E-state index is -0.605. The molecule has 0 aromatic carbocycles. The minimum absolute atomic E-state index is 0.146. The maximum atomic E-state index is 11.6. The largest absolute Gasteiger partial charge is 0.463 e. The normalized spacial score (nSPS) is 16.2. The zero-order chi connectivity index (χ0) is 21.8. The summed E-state index contributed by atoms with van der Waals surface area (Å²) < 4.78 is 16.9. The number of nitrogens with one attached hydrogen (secondary N) is 1. The highest BCUT2D eigenvalue weighted by atomic mass is 16.5. The summed E-state index contributed by atoms with van der Waals surface area (Å²) in [6.45, 7) is 5.61. The molecular formula is C24H35NO5. The molecule has 1 aromatic heterocycles. The van der Waals surface area contributed by atoms with Crippen molar-refractivity contribution in [3.63, 3.8) is 0 Å². The second kappa shape index (κ2) is 12.4. The molecule has 1 N–H and O–H groups in total. The van der Waals surface area contributed by atoms with Gasteiger partial charge >= 0.3 is 5.97 Å². The van der Waals surface area contributed by atoms with Crippen molar-refractivity contribution < 1.29 is 23.5 Å². The number of aryl methyl sites for hydroxylation is 1. The van der Waals surface area contributed by atoms with Crippen molar-refractivity contribution >= 4 is 11.9 Å². The van der Waals surface area contributed by atoms with Crippen LogP contribution < -0.4 is 5.32 Å². The van der Waals surface area contributed by atoms with Crippen molar-refractivity contribution in [2.24, 2.45) is 0 Å². The van der Waals surface area contributed by atoms with E-state index in [-0.39, 0.29) is 18.5 Å². The quantitative estimate of drug-likeness (QED) is 0.351. The Morgan fingerprint density at radius 1 is 1.23 bits per heavy atom. The maximum Gasteiger partial charge on any atom is 0.302 e. The van der Waals surface area contributed by atoms with E-state index in [2.05, 4.69) is 17.2 Å². The van der Waals surface area contributed by atoms with Crippen molar-refractivity contribution in [1.29, 1.82) is 0 Å². The maximum absolute atomic E-state index is 11.6. The van der Waals surface area contributed by atoms with Crippen molar-refractivity contribution in [2.45, 2.75) is 90.2 Å². The van der Waals surface area contributed by atoms with Gasteiger partial charge in [0.2, 0.25) is 5.91 Å². The molecule has 6 nitrogen and oxygen atoms in total. The van der Waals surface area contributed by atoms with Crippen LogP contribution in [-0.4, -0.2) is 36.7 Å². The molecule has 1 saturated carbocycles. The van der Waals surface area contributed by atoms with Gasteiger partial charge in [-0.1, -0.05) is 32.1 Å². The van der Waals surface area contributed by atoms with Gasteiger partial charge in [-0.05, 0) is 43.7 Å². The predicted octanol–water partition coefficient (Wildman–Crippen LogP) is 4.15. The molecule has 1 aromatic rings. The highest BCUT2D eigenvalue weighted by molar-refractivity contribution is 5.74. The number of ether oxygens (including phenoxy) is 2. The Kier molecular flexibility index (Phi) is 9.96. The average Bonchev–Trinajstić information content (AvgIpc) is 3.18. The Hall–Kier alpha value is -2.26. The van der Waals surface area contributed by atoms with Gasteiger partial charge in [-0.3, -0.25) is 9.59 Å².